The van der Waals surface area contributed by atoms with E-state index in [2.05, 4.69) is 20.9 Å². The van der Waals surface area contributed by atoms with Crippen LogP contribution in [0.3, 0.4) is 0 Å². The van der Waals surface area contributed by atoms with Crippen molar-refractivity contribution >= 4 is 38.3 Å². The minimum Gasteiger partial charge on any atom is -0.298 e. The molecule has 3 aromatic rings. The Labute approximate surface area is 164 Å². The maximum absolute atomic E-state index is 14.2. The molecule has 0 amide bonds. The van der Waals surface area contributed by atoms with Gasteiger partial charge in [0.2, 0.25) is 10.0 Å². The third kappa shape index (κ3) is 4.06. The average Bonchev–Trinajstić information content (AvgIpc) is 3.00. The molecule has 0 radical (unpaired) electrons. The zero-order valence-electron chi connectivity index (χ0n) is 13.9. The topological polar surface area (TPSA) is 69.0 Å². The second-order valence-electron chi connectivity index (χ2n) is 5.61. The van der Waals surface area contributed by atoms with Crippen LogP contribution in [-0.4, -0.2) is 29.4 Å². The molecule has 138 valence electrons. The summed E-state index contributed by atoms with van der Waals surface area (Å²) >= 11 is 3.15. The van der Waals surface area contributed by atoms with E-state index in [0.717, 1.165) is 9.54 Å². The first-order valence-corrected chi connectivity index (χ1v) is 10.3. The van der Waals surface area contributed by atoms with E-state index in [1.807, 2.05) is 0 Å². The molecule has 0 saturated carbocycles. The molecule has 2 heterocycles. The van der Waals surface area contributed by atoms with Crippen molar-refractivity contribution in [1.82, 2.24) is 8.96 Å². The third-order valence-corrected chi connectivity index (χ3v) is 6.38. The van der Waals surface area contributed by atoms with Gasteiger partial charge in [0.15, 0.2) is 6.29 Å². The first-order valence-electron chi connectivity index (χ1n) is 7.85. The van der Waals surface area contributed by atoms with Crippen LogP contribution >= 0.6 is 15.9 Å². The predicted octanol–water partition coefficient (Wildman–Crippen LogP) is 4.16. The first-order chi connectivity index (χ1) is 12.9. The zero-order chi connectivity index (χ0) is 19.4. The van der Waals surface area contributed by atoms with Gasteiger partial charge in [0.25, 0.3) is 0 Å². The lowest BCUT2D eigenvalue weighted by molar-refractivity contribution is 0.112. The standard InChI is InChI=1S/C19H14BrFN2O3S/c20-19-15(13-24)11-18(16-7-1-2-8-17(16)21)23(19)27(25,26)10-4-6-14-5-3-9-22-12-14/h1-9,11-13H,10H2. The van der Waals surface area contributed by atoms with Crippen molar-refractivity contribution < 1.29 is 17.6 Å². The van der Waals surface area contributed by atoms with Crippen molar-refractivity contribution in [2.45, 2.75) is 0 Å². The maximum atomic E-state index is 14.2. The van der Waals surface area contributed by atoms with E-state index in [0.29, 0.717) is 6.29 Å². The molecule has 0 aliphatic heterocycles. The van der Waals surface area contributed by atoms with Gasteiger partial charge in [0.1, 0.15) is 10.4 Å². The fourth-order valence-electron chi connectivity index (χ4n) is 2.55. The Bertz CT molecular complexity index is 1110. The lowest BCUT2D eigenvalue weighted by Crippen LogP contribution is -2.17. The molecule has 27 heavy (non-hydrogen) atoms. The van der Waals surface area contributed by atoms with Gasteiger partial charge in [0.05, 0.1) is 11.4 Å². The van der Waals surface area contributed by atoms with Crippen molar-refractivity contribution in [1.29, 1.82) is 0 Å². The van der Waals surface area contributed by atoms with Gasteiger partial charge in [-0.1, -0.05) is 30.4 Å². The fraction of sp³-hybridized carbons (Fsp3) is 0.0526. The number of carbonyl (C=O) groups excluding carboxylic acids is 1. The molecule has 0 aliphatic carbocycles. The number of hydrogen-bond acceptors (Lipinski definition) is 4. The zero-order valence-corrected chi connectivity index (χ0v) is 16.3. The van der Waals surface area contributed by atoms with Crippen LogP contribution in [-0.2, 0) is 10.0 Å². The smallest absolute Gasteiger partial charge is 0.243 e. The molecular weight excluding hydrogens is 435 g/mol. The highest BCUT2D eigenvalue weighted by Crippen LogP contribution is 2.32. The van der Waals surface area contributed by atoms with Crippen molar-refractivity contribution in [3.05, 3.63) is 82.5 Å². The molecule has 3 rings (SSSR count). The Morgan fingerprint density at radius 3 is 2.63 bits per heavy atom. The van der Waals surface area contributed by atoms with Gasteiger partial charge in [-0.15, -0.1) is 0 Å². The molecule has 0 saturated heterocycles. The van der Waals surface area contributed by atoms with Crippen LogP contribution in [0.5, 0.6) is 0 Å². The molecular formula is C19H14BrFN2O3S. The Morgan fingerprint density at radius 1 is 1.19 bits per heavy atom. The van der Waals surface area contributed by atoms with Crippen LogP contribution in [0.4, 0.5) is 4.39 Å². The molecule has 0 fully saturated rings. The summed E-state index contributed by atoms with van der Waals surface area (Å²) in [5, 5.41) is 0. The number of pyridine rings is 1. The molecule has 0 bridgehead atoms. The van der Waals surface area contributed by atoms with E-state index in [4.69, 9.17) is 0 Å². The van der Waals surface area contributed by atoms with Crippen LogP contribution in [0.15, 0.2) is 65.5 Å². The van der Waals surface area contributed by atoms with Crippen molar-refractivity contribution in [2.24, 2.45) is 0 Å². The number of hydrogen-bond donors (Lipinski definition) is 0. The highest BCUT2D eigenvalue weighted by Gasteiger charge is 2.24. The number of nitrogens with zero attached hydrogens (tertiary/aromatic N) is 2. The molecule has 1 aromatic carbocycles. The van der Waals surface area contributed by atoms with Crippen LogP contribution in [0.2, 0.25) is 0 Å². The number of benzene rings is 1. The predicted molar refractivity (Wildman–Crippen MR) is 105 cm³/mol. The number of rotatable bonds is 6. The normalized spacial score (nSPS) is 11.8. The molecule has 0 unspecified atom stereocenters. The van der Waals surface area contributed by atoms with Crippen LogP contribution in [0.1, 0.15) is 15.9 Å². The summed E-state index contributed by atoms with van der Waals surface area (Å²) in [6, 6.07) is 10.7. The van der Waals surface area contributed by atoms with Gasteiger partial charge in [-0.2, -0.15) is 0 Å². The first kappa shape index (κ1) is 19.2. The highest BCUT2D eigenvalue weighted by molar-refractivity contribution is 9.10. The number of aldehydes is 1. The Morgan fingerprint density at radius 2 is 1.96 bits per heavy atom. The van der Waals surface area contributed by atoms with Gasteiger partial charge in [-0.05, 0) is 45.8 Å². The fourth-order valence-corrected chi connectivity index (χ4v) is 4.90. The van der Waals surface area contributed by atoms with E-state index in [9.17, 15) is 17.6 Å². The molecule has 0 aliphatic rings. The van der Waals surface area contributed by atoms with E-state index in [-0.39, 0.29) is 27.2 Å². The maximum Gasteiger partial charge on any atom is 0.243 e. The van der Waals surface area contributed by atoms with Crippen LogP contribution in [0.25, 0.3) is 17.3 Å². The van der Waals surface area contributed by atoms with Crippen LogP contribution in [0, 0.1) is 5.82 Å². The highest BCUT2D eigenvalue weighted by atomic mass is 79.9. The quantitative estimate of drug-likeness (QED) is 0.531. The van der Waals surface area contributed by atoms with E-state index in [1.54, 1.807) is 36.7 Å². The van der Waals surface area contributed by atoms with Gasteiger partial charge < -0.3 is 0 Å². The lowest BCUT2D eigenvalue weighted by atomic mass is 10.1. The summed E-state index contributed by atoms with van der Waals surface area (Å²) in [6.45, 7) is 0. The van der Waals surface area contributed by atoms with E-state index >= 15 is 0 Å². The minimum atomic E-state index is -3.91. The SMILES string of the molecule is O=Cc1cc(-c2ccccc2F)n(S(=O)(=O)CC=Cc2cccnc2)c1Br. The summed E-state index contributed by atoms with van der Waals surface area (Å²) in [7, 11) is -3.91. The monoisotopic (exact) mass is 448 g/mol. The molecule has 0 atom stereocenters. The summed E-state index contributed by atoms with van der Waals surface area (Å²) < 4.78 is 41.0. The largest absolute Gasteiger partial charge is 0.298 e. The van der Waals surface area contributed by atoms with Crippen molar-refractivity contribution in [3.8, 4) is 11.3 Å². The number of halogens is 2. The van der Waals surface area contributed by atoms with Crippen LogP contribution < -0.4 is 0 Å². The third-order valence-electron chi connectivity index (χ3n) is 3.78. The molecule has 0 N–H and O–H groups in total. The summed E-state index contributed by atoms with van der Waals surface area (Å²) in [5.74, 6) is -0.920. The van der Waals surface area contributed by atoms with Crippen molar-refractivity contribution in [2.75, 3.05) is 5.75 Å². The summed E-state index contributed by atoms with van der Waals surface area (Å²) in [5.41, 5.74) is 1.04. The van der Waals surface area contributed by atoms with E-state index < -0.39 is 15.8 Å². The minimum absolute atomic E-state index is 0.0607. The summed E-state index contributed by atoms with van der Waals surface area (Å²) in [6.07, 6.45) is 6.85. The molecule has 8 heteroatoms. The molecule has 2 aromatic heterocycles. The second kappa shape index (κ2) is 7.98. The van der Waals surface area contributed by atoms with Gasteiger partial charge in [-0.3, -0.25) is 9.78 Å². The number of carbonyl (C=O) groups is 1. The molecule has 0 spiro atoms. The molecule has 5 nitrogen and oxygen atoms in total. The lowest BCUT2D eigenvalue weighted by Gasteiger charge is -2.11. The Balaban J connectivity index is 2.04. The number of aromatic nitrogens is 2. The van der Waals surface area contributed by atoms with Gasteiger partial charge in [0, 0.05) is 23.5 Å². The summed E-state index contributed by atoms with van der Waals surface area (Å²) in [4.78, 5) is 15.2. The van der Waals surface area contributed by atoms with E-state index in [1.165, 1.54) is 30.3 Å². The Hall–Kier alpha value is -2.58. The van der Waals surface area contributed by atoms with Gasteiger partial charge in [-0.25, -0.2) is 16.8 Å². The van der Waals surface area contributed by atoms with Gasteiger partial charge >= 0.3 is 0 Å². The second-order valence-corrected chi connectivity index (χ2v) is 8.22. The average molecular weight is 449 g/mol. The van der Waals surface area contributed by atoms with Crippen molar-refractivity contribution in [3.63, 3.8) is 0 Å². The Kier molecular flexibility index (Phi) is 5.67.